The van der Waals surface area contributed by atoms with Crippen LogP contribution in [0.2, 0.25) is 0 Å². The molecule has 0 bridgehead atoms. The molecule has 132 valence electrons. The van der Waals surface area contributed by atoms with Crippen molar-refractivity contribution in [2.45, 2.75) is 13.0 Å². The Hall–Kier alpha value is -3.06. The Morgan fingerprint density at radius 2 is 2.08 bits per heavy atom. The lowest BCUT2D eigenvalue weighted by atomic mass is 10.1. The van der Waals surface area contributed by atoms with Crippen molar-refractivity contribution in [2.75, 3.05) is 19.7 Å². The second kappa shape index (κ2) is 6.68. The number of fused-ring (bicyclic) bond motifs is 1. The summed E-state index contributed by atoms with van der Waals surface area (Å²) in [6.45, 7) is 3.27. The van der Waals surface area contributed by atoms with Crippen LogP contribution in [0, 0.1) is 6.92 Å². The van der Waals surface area contributed by atoms with Gasteiger partial charge in [-0.3, -0.25) is 14.6 Å². The molecule has 0 spiro atoms. The van der Waals surface area contributed by atoms with Crippen LogP contribution in [0.5, 0.6) is 0 Å². The first-order chi connectivity index (χ1) is 12.6. The summed E-state index contributed by atoms with van der Waals surface area (Å²) < 4.78 is 5.84. The van der Waals surface area contributed by atoms with Gasteiger partial charge in [-0.2, -0.15) is 5.10 Å². The number of amides is 1. The van der Waals surface area contributed by atoms with Gasteiger partial charge in [-0.15, -0.1) is 0 Å². The SMILES string of the molecule is Cc1cc([C@@H]2CN(C(=O)c3n[nH]c(=O)c4ccccc34)CCO2)ccn1. The number of aryl methyl sites for hydroxylation is 1. The highest BCUT2D eigenvalue weighted by molar-refractivity contribution is 6.04. The maximum atomic E-state index is 13.0. The van der Waals surface area contributed by atoms with E-state index in [4.69, 9.17) is 4.74 Å². The molecule has 0 aliphatic carbocycles. The molecule has 4 rings (SSSR count). The predicted molar refractivity (Wildman–Crippen MR) is 95.9 cm³/mol. The van der Waals surface area contributed by atoms with Crippen LogP contribution in [0.1, 0.15) is 27.8 Å². The van der Waals surface area contributed by atoms with Gasteiger partial charge in [0.1, 0.15) is 6.10 Å². The maximum Gasteiger partial charge on any atom is 0.275 e. The number of nitrogens with one attached hydrogen (secondary N) is 1. The quantitative estimate of drug-likeness (QED) is 0.762. The first kappa shape index (κ1) is 16.4. The summed E-state index contributed by atoms with van der Waals surface area (Å²) in [6, 6.07) is 10.9. The van der Waals surface area contributed by atoms with Gasteiger partial charge in [-0.05, 0) is 30.7 Å². The first-order valence-electron chi connectivity index (χ1n) is 8.44. The number of morpholine rings is 1. The van der Waals surface area contributed by atoms with E-state index in [9.17, 15) is 9.59 Å². The van der Waals surface area contributed by atoms with Crippen molar-refractivity contribution in [3.63, 3.8) is 0 Å². The molecular weight excluding hydrogens is 332 g/mol. The molecule has 1 fully saturated rings. The third-order valence-corrected chi connectivity index (χ3v) is 4.54. The summed E-state index contributed by atoms with van der Waals surface area (Å²) in [5, 5.41) is 7.45. The predicted octanol–water partition coefficient (Wildman–Crippen LogP) is 1.84. The summed E-state index contributed by atoms with van der Waals surface area (Å²) >= 11 is 0. The monoisotopic (exact) mass is 350 g/mol. The molecule has 1 aliphatic rings. The second-order valence-electron chi connectivity index (χ2n) is 6.29. The van der Waals surface area contributed by atoms with E-state index in [-0.39, 0.29) is 23.3 Å². The van der Waals surface area contributed by atoms with Crippen LogP contribution in [-0.2, 0) is 4.74 Å². The summed E-state index contributed by atoms with van der Waals surface area (Å²) in [4.78, 5) is 30.9. The Kier molecular flexibility index (Phi) is 4.22. The van der Waals surface area contributed by atoms with E-state index < -0.39 is 0 Å². The van der Waals surface area contributed by atoms with Gasteiger partial charge in [-0.1, -0.05) is 18.2 Å². The van der Waals surface area contributed by atoms with Crippen LogP contribution in [0.3, 0.4) is 0 Å². The highest BCUT2D eigenvalue weighted by Gasteiger charge is 2.28. The van der Waals surface area contributed by atoms with Crippen LogP contribution in [-0.4, -0.2) is 45.7 Å². The van der Waals surface area contributed by atoms with Crippen molar-refractivity contribution >= 4 is 16.7 Å². The number of rotatable bonds is 2. The molecule has 0 unspecified atom stereocenters. The molecule has 1 N–H and O–H groups in total. The standard InChI is InChI=1S/C19H18N4O3/c1-12-10-13(6-7-20-12)16-11-23(8-9-26-16)19(25)17-14-4-2-3-5-15(14)18(24)22-21-17/h2-7,10,16H,8-9,11H2,1H3,(H,22,24)/t16-/m0/s1. The van der Waals surface area contributed by atoms with Gasteiger partial charge in [0.15, 0.2) is 5.69 Å². The normalized spacial score (nSPS) is 17.4. The fourth-order valence-corrected chi connectivity index (χ4v) is 3.23. The Labute approximate surface area is 149 Å². The molecule has 1 aromatic carbocycles. The van der Waals surface area contributed by atoms with Gasteiger partial charge in [0, 0.05) is 23.8 Å². The molecule has 1 amide bonds. The number of hydrogen-bond acceptors (Lipinski definition) is 5. The fraction of sp³-hybridized carbons (Fsp3) is 0.263. The van der Waals surface area contributed by atoms with Crippen LogP contribution < -0.4 is 5.56 Å². The van der Waals surface area contributed by atoms with Crippen molar-refractivity contribution in [2.24, 2.45) is 0 Å². The number of ether oxygens (including phenoxy) is 1. The van der Waals surface area contributed by atoms with E-state index in [0.29, 0.717) is 30.5 Å². The topological polar surface area (TPSA) is 88.2 Å². The van der Waals surface area contributed by atoms with Crippen molar-refractivity contribution in [3.05, 3.63) is 69.9 Å². The van der Waals surface area contributed by atoms with E-state index in [1.54, 1.807) is 35.4 Å². The average Bonchev–Trinajstić information content (AvgIpc) is 2.68. The van der Waals surface area contributed by atoms with Crippen LogP contribution >= 0.6 is 0 Å². The molecule has 1 aliphatic heterocycles. The number of carbonyl (C=O) groups is 1. The number of benzene rings is 1. The number of hydrogen-bond donors (Lipinski definition) is 1. The number of nitrogens with zero attached hydrogens (tertiary/aromatic N) is 3. The minimum Gasteiger partial charge on any atom is -0.370 e. The molecule has 3 aromatic rings. The maximum absolute atomic E-state index is 13.0. The van der Waals surface area contributed by atoms with E-state index in [0.717, 1.165) is 11.3 Å². The number of H-pyrrole nitrogens is 1. The summed E-state index contributed by atoms with van der Waals surface area (Å²) in [5.41, 5.74) is 1.85. The van der Waals surface area contributed by atoms with Gasteiger partial charge in [0.05, 0.1) is 18.5 Å². The molecule has 3 heterocycles. The number of aromatic nitrogens is 3. The Bertz CT molecular complexity index is 1030. The minimum absolute atomic E-state index is 0.205. The number of pyridine rings is 1. The highest BCUT2D eigenvalue weighted by Crippen LogP contribution is 2.24. The van der Waals surface area contributed by atoms with E-state index in [1.807, 2.05) is 19.1 Å². The van der Waals surface area contributed by atoms with E-state index >= 15 is 0 Å². The Morgan fingerprint density at radius 3 is 2.88 bits per heavy atom. The summed E-state index contributed by atoms with van der Waals surface area (Å²) in [7, 11) is 0. The molecule has 0 saturated carbocycles. The zero-order chi connectivity index (χ0) is 18.1. The van der Waals surface area contributed by atoms with Crippen LogP contribution in [0.4, 0.5) is 0 Å². The molecular formula is C19H18N4O3. The average molecular weight is 350 g/mol. The molecule has 7 nitrogen and oxygen atoms in total. The minimum atomic E-state index is -0.302. The molecule has 7 heteroatoms. The third-order valence-electron chi connectivity index (χ3n) is 4.54. The largest absolute Gasteiger partial charge is 0.370 e. The third kappa shape index (κ3) is 2.97. The first-order valence-corrected chi connectivity index (χ1v) is 8.44. The summed E-state index contributed by atoms with van der Waals surface area (Å²) in [6.07, 6.45) is 1.54. The number of aromatic amines is 1. The molecule has 0 radical (unpaired) electrons. The smallest absolute Gasteiger partial charge is 0.275 e. The van der Waals surface area contributed by atoms with Gasteiger partial charge < -0.3 is 9.64 Å². The molecule has 1 saturated heterocycles. The van der Waals surface area contributed by atoms with Gasteiger partial charge in [0.2, 0.25) is 0 Å². The second-order valence-corrected chi connectivity index (χ2v) is 6.29. The van der Waals surface area contributed by atoms with Crippen LogP contribution in [0.15, 0.2) is 47.4 Å². The molecule has 26 heavy (non-hydrogen) atoms. The zero-order valence-electron chi connectivity index (χ0n) is 14.3. The lowest BCUT2D eigenvalue weighted by Gasteiger charge is -2.33. The lowest BCUT2D eigenvalue weighted by molar-refractivity contribution is -0.0230. The van der Waals surface area contributed by atoms with Gasteiger partial charge in [-0.25, -0.2) is 5.10 Å². The van der Waals surface area contributed by atoms with Crippen molar-refractivity contribution < 1.29 is 9.53 Å². The summed E-state index contributed by atoms with van der Waals surface area (Å²) in [5.74, 6) is -0.212. The van der Waals surface area contributed by atoms with Gasteiger partial charge in [0.25, 0.3) is 11.5 Å². The number of carbonyl (C=O) groups excluding carboxylic acids is 1. The fourth-order valence-electron chi connectivity index (χ4n) is 3.23. The van der Waals surface area contributed by atoms with Gasteiger partial charge >= 0.3 is 0 Å². The van der Waals surface area contributed by atoms with Crippen LogP contribution in [0.25, 0.3) is 10.8 Å². The van der Waals surface area contributed by atoms with Crippen molar-refractivity contribution in [1.29, 1.82) is 0 Å². The highest BCUT2D eigenvalue weighted by atomic mass is 16.5. The molecule has 1 atom stereocenters. The van der Waals surface area contributed by atoms with E-state index in [2.05, 4.69) is 15.2 Å². The Balaban J connectivity index is 1.65. The molecule has 2 aromatic heterocycles. The lowest BCUT2D eigenvalue weighted by Crippen LogP contribution is -2.43. The zero-order valence-corrected chi connectivity index (χ0v) is 14.3. The van der Waals surface area contributed by atoms with E-state index in [1.165, 1.54) is 0 Å². The van der Waals surface area contributed by atoms with Crippen molar-refractivity contribution in [1.82, 2.24) is 20.1 Å². The van der Waals surface area contributed by atoms with Crippen molar-refractivity contribution in [3.8, 4) is 0 Å². The Morgan fingerprint density at radius 1 is 1.27 bits per heavy atom.